The van der Waals surface area contributed by atoms with Crippen LogP contribution in [-0.4, -0.2) is 70.3 Å². The predicted molar refractivity (Wildman–Crippen MR) is 99.3 cm³/mol. The van der Waals surface area contributed by atoms with E-state index < -0.39 is 5.97 Å². The molecule has 2 rings (SSSR count). The van der Waals surface area contributed by atoms with E-state index in [9.17, 15) is 14.7 Å². The van der Waals surface area contributed by atoms with Crippen LogP contribution in [0.15, 0.2) is 24.3 Å². The van der Waals surface area contributed by atoms with Gasteiger partial charge in [-0.2, -0.15) is 0 Å². The number of carboxylic acids is 1. The van der Waals surface area contributed by atoms with Gasteiger partial charge in [0.1, 0.15) is 5.75 Å². The largest absolute Gasteiger partial charge is 0.508 e. The van der Waals surface area contributed by atoms with Gasteiger partial charge in [0, 0.05) is 25.2 Å². The van der Waals surface area contributed by atoms with Crippen molar-refractivity contribution in [2.75, 3.05) is 20.1 Å². The molecule has 1 fully saturated rings. The molecule has 0 radical (unpaired) electrons. The van der Waals surface area contributed by atoms with Gasteiger partial charge in [-0.1, -0.05) is 19.1 Å². The van der Waals surface area contributed by atoms with Crippen LogP contribution in [0.2, 0.25) is 0 Å². The van der Waals surface area contributed by atoms with Gasteiger partial charge in [0.15, 0.2) is 0 Å². The number of carbonyl (C=O) groups is 2. The van der Waals surface area contributed by atoms with Gasteiger partial charge in [-0.05, 0) is 50.4 Å². The van der Waals surface area contributed by atoms with Crippen molar-refractivity contribution < 1.29 is 19.8 Å². The fourth-order valence-electron chi connectivity index (χ4n) is 3.26. The second kappa shape index (κ2) is 8.89. The van der Waals surface area contributed by atoms with Crippen LogP contribution in [0.25, 0.3) is 0 Å². The molecule has 0 bridgehead atoms. The second-order valence-corrected chi connectivity index (χ2v) is 7.06. The minimum atomic E-state index is -0.817. The van der Waals surface area contributed by atoms with Crippen LogP contribution in [-0.2, 0) is 11.2 Å². The summed E-state index contributed by atoms with van der Waals surface area (Å²) in [5.41, 5.74) is 1.06. The Morgan fingerprint density at radius 2 is 1.88 bits per heavy atom. The van der Waals surface area contributed by atoms with Gasteiger partial charge < -0.3 is 20.4 Å². The number of likely N-dealkylation sites (N-methyl/N-ethyl adjacent to an activating group) is 2. The van der Waals surface area contributed by atoms with Crippen LogP contribution in [0, 0.1) is 0 Å². The fraction of sp³-hybridized carbons (Fsp3) is 0.579. The van der Waals surface area contributed by atoms with Crippen molar-refractivity contribution in [3.63, 3.8) is 0 Å². The second-order valence-electron chi connectivity index (χ2n) is 7.06. The first-order valence-corrected chi connectivity index (χ1v) is 9.07. The SMILES string of the molecule is CCN(CC(=O)O)C1CC(NC(=O)N(C)C(C)Cc2ccc(O)cc2)C1. The van der Waals surface area contributed by atoms with E-state index in [4.69, 9.17) is 5.11 Å². The topological polar surface area (TPSA) is 93.1 Å². The number of hydrogen-bond donors (Lipinski definition) is 3. The summed E-state index contributed by atoms with van der Waals surface area (Å²) in [6.07, 6.45) is 2.28. The van der Waals surface area contributed by atoms with Crippen molar-refractivity contribution in [2.24, 2.45) is 0 Å². The summed E-state index contributed by atoms with van der Waals surface area (Å²) in [4.78, 5) is 26.9. The number of nitrogens with one attached hydrogen (secondary N) is 1. The van der Waals surface area contributed by atoms with E-state index in [1.54, 1.807) is 24.1 Å². The maximum Gasteiger partial charge on any atom is 0.317 e. The third-order valence-corrected chi connectivity index (χ3v) is 5.15. The number of carbonyl (C=O) groups excluding carboxylic acids is 1. The van der Waals surface area contributed by atoms with E-state index in [1.165, 1.54) is 0 Å². The standard InChI is InChI=1S/C19H29N3O4/c1-4-22(12-18(24)25)16-10-15(11-16)20-19(26)21(3)13(2)9-14-5-7-17(23)8-6-14/h5-8,13,15-16,23H,4,9-12H2,1-3H3,(H,20,26)(H,24,25). The number of phenols is 1. The molecule has 0 aliphatic heterocycles. The number of aliphatic carboxylic acids is 1. The number of carboxylic acid groups (broad SMARTS) is 1. The van der Waals surface area contributed by atoms with Crippen molar-refractivity contribution in [2.45, 2.75) is 51.2 Å². The monoisotopic (exact) mass is 363 g/mol. The molecule has 0 saturated heterocycles. The average molecular weight is 363 g/mol. The van der Waals surface area contributed by atoms with Gasteiger partial charge in [0.25, 0.3) is 0 Å². The summed E-state index contributed by atoms with van der Waals surface area (Å²) < 4.78 is 0. The molecule has 26 heavy (non-hydrogen) atoms. The molecule has 1 saturated carbocycles. The minimum absolute atomic E-state index is 0.0227. The summed E-state index contributed by atoms with van der Waals surface area (Å²) in [5.74, 6) is -0.585. The Balaban J connectivity index is 1.77. The molecular formula is C19H29N3O4. The smallest absolute Gasteiger partial charge is 0.317 e. The molecule has 3 N–H and O–H groups in total. The van der Waals surface area contributed by atoms with Crippen LogP contribution >= 0.6 is 0 Å². The van der Waals surface area contributed by atoms with Gasteiger partial charge in [0.05, 0.1) is 6.54 Å². The molecule has 0 spiro atoms. The van der Waals surface area contributed by atoms with E-state index >= 15 is 0 Å². The zero-order chi connectivity index (χ0) is 19.3. The molecule has 1 atom stereocenters. The first kappa shape index (κ1) is 20.0. The van der Waals surface area contributed by atoms with Crippen molar-refractivity contribution in [1.82, 2.24) is 15.1 Å². The Labute approximate surface area is 154 Å². The summed E-state index contributed by atoms with van der Waals surface area (Å²) >= 11 is 0. The maximum absolute atomic E-state index is 12.4. The first-order chi connectivity index (χ1) is 12.3. The summed E-state index contributed by atoms with van der Waals surface area (Å²) in [6, 6.07) is 7.24. The number of hydrogen-bond acceptors (Lipinski definition) is 4. The predicted octanol–water partition coefficient (Wildman–Crippen LogP) is 1.90. The third-order valence-electron chi connectivity index (χ3n) is 5.15. The Hall–Kier alpha value is -2.28. The summed E-state index contributed by atoms with van der Waals surface area (Å²) in [6.45, 7) is 4.68. The van der Waals surface area contributed by atoms with Crippen molar-refractivity contribution in [3.8, 4) is 5.75 Å². The Morgan fingerprint density at radius 3 is 2.42 bits per heavy atom. The highest BCUT2D eigenvalue weighted by Gasteiger charge is 2.35. The molecule has 1 aliphatic rings. The Kier molecular flexibility index (Phi) is 6.85. The Morgan fingerprint density at radius 1 is 1.27 bits per heavy atom. The third kappa shape index (κ3) is 5.36. The highest BCUT2D eigenvalue weighted by atomic mass is 16.4. The normalized spacial score (nSPS) is 20.3. The molecule has 2 amide bonds. The lowest BCUT2D eigenvalue weighted by Crippen LogP contribution is -2.57. The van der Waals surface area contributed by atoms with Gasteiger partial charge in [-0.25, -0.2) is 4.79 Å². The number of amides is 2. The first-order valence-electron chi connectivity index (χ1n) is 9.07. The minimum Gasteiger partial charge on any atom is -0.508 e. The van der Waals surface area contributed by atoms with E-state index in [0.717, 1.165) is 18.4 Å². The highest BCUT2D eigenvalue weighted by Crippen LogP contribution is 2.25. The van der Waals surface area contributed by atoms with Crippen LogP contribution in [0.5, 0.6) is 5.75 Å². The quantitative estimate of drug-likeness (QED) is 0.656. The van der Waals surface area contributed by atoms with Crippen LogP contribution in [0.4, 0.5) is 4.79 Å². The fourth-order valence-corrected chi connectivity index (χ4v) is 3.26. The molecule has 7 heteroatoms. The number of benzene rings is 1. The number of urea groups is 1. The molecule has 0 heterocycles. The van der Waals surface area contributed by atoms with E-state index in [-0.39, 0.29) is 36.5 Å². The molecule has 1 unspecified atom stereocenters. The zero-order valence-electron chi connectivity index (χ0n) is 15.7. The number of phenolic OH excluding ortho intramolecular Hbond substituents is 1. The lowest BCUT2D eigenvalue weighted by molar-refractivity contribution is -0.139. The van der Waals surface area contributed by atoms with Crippen molar-refractivity contribution in [3.05, 3.63) is 29.8 Å². The molecule has 1 aromatic carbocycles. The lowest BCUT2D eigenvalue weighted by atomic mass is 9.85. The molecular weight excluding hydrogens is 334 g/mol. The van der Waals surface area contributed by atoms with Gasteiger partial charge in [-0.3, -0.25) is 9.69 Å². The maximum atomic E-state index is 12.4. The number of nitrogens with zero attached hydrogens (tertiary/aromatic N) is 2. The van der Waals surface area contributed by atoms with E-state index in [1.807, 2.05) is 30.9 Å². The molecule has 1 aliphatic carbocycles. The lowest BCUT2D eigenvalue weighted by Gasteiger charge is -2.43. The van der Waals surface area contributed by atoms with Crippen LogP contribution < -0.4 is 5.32 Å². The molecule has 1 aromatic rings. The Bertz CT molecular complexity index is 614. The van der Waals surface area contributed by atoms with E-state index in [0.29, 0.717) is 13.0 Å². The average Bonchev–Trinajstić information content (AvgIpc) is 2.56. The van der Waals surface area contributed by atoms with Crippen LogP contribution in [0.3, 0.4) is 0 Å². The summed E-state index contributed by atoms with van der Waals surface area (Å²) in [5, 5.41) is 21.3. The van der Waals surface area contributed by atoms with Gasteiger partial charge in [0.2, 0.25) is 0 Å². The van der Waals surface area contributed by atoms with Crippen molar-refractivity contribution in [1.29, 1.82) is 0 Å². The zero-order valence-corrected chi connectivity index (χ0v) is 15.7. The van der Waals surface area contributed by atoms with Gasteiger partial charge >= 0.3 is 12.0 Å². The summed E-state index contributed by atoms with van der Waals surface area (Å²) in [7, 11) is 1.78. The molecule has 7 nitrogen and oxygen atoms in total. The number of rotatable bonds is 8. The van der Waals surface area contributed by atoms with Crippen molar-refractivity contribution >= 4 is 12.0 Å². The van der Waals surface area contributed by atoms with Gasteiger partial charge in [-0.15, -0.1) is 0 Å². The van der Waals surface area contributed by atoms with E-state index in [2.05, 4.69) is 5.32 Å². The highest BCUT2D eigenvalue weighted by molar-refractivity contribution is 5.74. The molecule has 144 valence electrons. The van der Waals surface area contributed by atoms with Crippen LogP contribution in [0.1, 0.15) is 32.3 Å². The molecule has 0 aromatic heterocycles. The number of aromatic hydroxyl groups is 1.